The predicted molar refractivity (Wildman–Crippen MR) is 75.7 cm³/mol. The van der Waals surface area contributed by atoms with E-state index >= 15 is 0 Å². The average Bonchev–Trinajstić information content (AvgIpc) is 2.42. The maximum Gasteiger partial charge on any atom is 0.162 e. The molecular formula is C14H24N2O2. The van der Waals surface area contributed by atoms with Gasteiger partial charge in [0.05, 0.1) is 14.2 Å². The summed E-state index contributed by atoms with van der Waals surface area (Å²) in [7, 11) is 5.28. The van der Waals surface area contributed by atoms with Crippen LogP contribution in [0.1, 0.15) is 13.3 Å². The molecule has 0 saturated carbocycles. The molecule has 0 fully saturated rings. The summed E-state index contributed by atoms with van der Waals surface area (Å²) in [5.74, 6) is 2.14. The van der Waals surface area contributed by atoms with Crippen LogP contribution in [0.3, 0.4) is 0 Å². The van der Waals surface area contributed by atoms with E-state index in [0.29, 0.717) is 5.92 Å². The van der Waals surface area contributed by atoms with Gasteiger partial charge in [0.2, 0.25) is 0 Å². The Morgan fingerprint density at radius 3 is 2.39 bits per heavy atom. The van der Waals surface area contributed by atoms with E-state index in [2.05, 4.69) is 17.6 Å². The summed E-state index contributed by atoms with van der Waals surface area (Å²) in [5, 5.41) is 6.64. The minimum Gasteiger partial charge on any atom is -0.493 e. The van der Waals surface area contributed by atoms with Gasteiger partial charge in [0, 0.05) is 18.3 Å². The lowest BCUT2D eigenvalue weighted by atomic mass is 10.1. The number of nitrogens with one attached hydrogen (secondary N) is 2. The Labute approximate surface area is 110 Å². The number of anilines is 1. The second-order valence-corrected chi connectivity index (χ2v) is 4.28. The van der Waals surface area contributed by atoms with Crippen LogP contribution in [0.15, 0.2) is 18.2 Å². The van der Waals surface area contributed by atoms with E-state index in [9.17, 15) is 0 Å². The first-order chi connectivity index (χ1) is 8.74. The van der Waals surface area contributed by atoms with Crippen LogP contribution < -0.4 is 20.1 Å². The third kappa shape index (κ3) is 4.11. The van der Waals surface area contributed by atoms with Crippen molar-refractivity contribution in [2.24, 2.45) is 5.92 Å². The van der Waals surface area contributed by atoms with Crippen LogP contribution in [0, 0.1) is 5.92 Å². The molecule has 102 valence electrons. The highest BCUT2D eigenvalue weighted by molar-refractivity contribution is 5.54. The maximum atomic E-state index is 5.28. The molecule has 1 aromatic carbocycles. The van der Waals surface area contributed by atoms with Crippen molar-refractivity contribution in [3.63, 3.8) is 0 Å². The highest BCUT2D eigenvalue weighted by Crippen LogP contribution is 2.29. The summed E-state index contributed by atoms with van der Waals surface area (Å²) in [4.78, 5) is 0. The van der Waals surface area contributed by atoms with E-state index in [4.69, 9.17) is 9.47 Å². The average molecular weight is 252 g/mol. The van der Waals surface area contributed by atoms with Crippen molar-refractivity contribution in [2.75, 3.05) is 39.7 Å². The molecule has 0 heterocycles. The lowest BCUT2D eigenvalue weighted by Gasteiger charge is -2.17. The molecule has 2 N–H and O–H groups in total. The van der Waals surface area contributed by atoms with Crippen molar-refractivity contribution < 1.29 is 9.47 Å². The first-order valence-electron chi connectivity index (χ1n) is 6.35. The number of hydrogen-bond donors (Lipinski definition) is 2. The minimum absolute atomic E-state index is 0.628. The number of ether oxygens (including phenoxy) is 2. The van der Waals surface area contributed by atoms with Gasteiger partial charge in [-0.3, -0.25) is 0 Å². The third-order valence-electron chi connectivity index (χ3n) is 3.05. The van der Waals surface area contributed by atoms with Crippen molar-refractivity contribution in [2.45, 2.75) is 13.3 Å². The fraction of sp³-hybridized carbons (Fsp3) is 0.571. The predicted octanol–water partition coefficient (Wildman–Crippen LogP) is 2.36. The Bertz CT molecular complexity index is 356. The van der Waals surface area contributed by atoms with Gasteiger partial charge in [0.1, 0.15) is 0 Å². The van der Waals surface area contributed by atoms with Crippen LogP contribution >= 0.6 is 0 Å². The SMILES string of the molecule is CCC(CNC)CNc1ccc(OC)c(OC)c1. The molecule has 0 bridgehead atoms. The van der Waals surface area contributed by atoms with Crippen LogP contribution in [0.4, 0.5) is 5.69 Å². The van der Waals surface area contributed by atoms with E-state index in [-0.39, 0.29) is 0 Å². The molecule has 1 unspecified atom stereocenters. The molecule has 1 rings (SSSR count). The molecule has 1 atom stereocenters. The summed E-state index contributed by atoms with van der Waals surface area (Å²) in [5.41, 5.74) is 1.06. The molecule has 0 aliphatic heterocycles. The fourth-order valence-electron chi connectivity index (χ4n) is 1.86. The Balaban J connectivity index is 2.61. The lowest BCUT2D eigenvalue weighted by Crippen LogP contribution is -2.24. The molecule has 18 heavy (non-hydrogen) atoms. The monoisotopic (exact) mass is 252 g/mol. The van der Waals surface area contributed by atoms with Crippen molar-refractivity contribution in [1.82, 2.24) is 5.32 Å². The van der Waals surface area contributed by atoms with Crippen molar-refractivity contribution in [3.05, 3.63) is 18.2 Å². The lowest BCUT2D eigenvalue weighted by molar-refractivity contribution is 0.355. The van der Waals surface area contributed by atoms with E-state index in [1.165, 1.54) is 0 Å². The van der Waals surface area contributed by atoms with E-state index in [1.54, 1.807) is 14.2 Å². The zero-order valence-corrected chi connectivity index (χ0v) is 11.7. The number of benzene rings is 1. The van der Waals surface area contributed by atoms with Crippen LogP contribution in [0.25, 0.3) is 0 Å². The van der Waals surface area contributed by atoms with Gasteiger partial charge in [-0.05, 0) is 31.6 Å². The smallest absolute Gasteiger partial charge is 0.162 e. The Morgan fingerprint density at radius 2 is 1.83 bits per heavy atom. The molecule has 0 aliphatic rings. The topological polar surface area (TPSA) is 42.5 Å². The van der Waals surface area contributed by atoms with Crippen molar-refractivity contribution >= 4 is 5.69 Å². The molecule has 0 radical (unpaired) electrons. The summed E-state index contributed by atoms with van der Waals surface area (Å²) < 4.78 is 10.5. The van der Waals surface area contributed by atoms with Gasteiger partial charge in [-0.15, -0.1) is 0 Å². The highest BCUT2D eigenvalue weighted by Gasteiger charge is 2.07. The quantitative estimate of drug-likeness (QED) is 0.745. The Kier molecular flexibility index (Phi) is 6.36. The van der Waals surface area contributed by atoms with Crippen molar-refractivity contribution in [3.8, 4) is 11.5 Å². The standard InChI is InChI=1S/C14H24N2O2/c1-5-11(9-15-2)10-16-12-6-7-13(17-3)14(8-12)18-4/h6-8,11,15-16H,5,9-10H2,1-4H3. The molecule has 0 saturated heterocycles. The summed E-state index contributed by atoms with van der Waals surface area (Å²) in [6.45, 7) is 4.18. The molecular weight excluding hydrogens is 228 g/mol. The number of hydrogen-bond acceptors (Lipinski definition) is 4. The molecule has 0 aromatic heterocycles. The normalized spacial score (nSPS) is 12.0. The molecule has 4 nitrogen and oxygen atoms in total. The van der Waals surface area contributed by atoms with Crippen LogP contribution in [-0.4, -0.2) is 34.4 Å². The number of methoxy groups -OCH3 is 2. The summed E-state index contributed by atoms with van der Waals surface area (Å²) >= 11 is 0. The zero-order valence-electron chi connectivity index (χ0n) is 11.7. The minimum atomic E-state index is 0.628. The largest absolute Gasteiger partial charge is 0.493 e. The van der Waals surface area contributed by atoms with Gasteiger partial charge in [0.25, 0.3) is 0 Å². The van der Waals surface area contributed by atoms with Gasteiger partial charge < -0.3 is 20.1 Å². The fourth-order valence-corrected chi connectivity index (χ4v) is 1.86. The second-order valence-electron chi connectivity index (χ2n) is 4.28. The maximum absolute atomic E-state index is 5.28. The van der Waals surface area contributed by atoms with E-state index in [0.717, 1.165) is 36.7 Å². The van der Waals surface area contributed by atoms with Gasteiger partial charge in [-0.1, -0.05) is 13.3 Å². The first-order valence-corrected chi connectivity index (χ1v) is 6.35. The zero-order chi connectivity index (χ0) is 13.4. The van der Waals surface area contributed by atoms with Crippen LogP contribution in [0.2, 0.25) is 0 Å². The van der Waals surface area contributed by atoms with Gasteiger partial charge in [0.15, 0.2) is 11.5 Å². The molecule has 0 aliphatic carbocycles. The molecule has 0 spiro atoms. The van der Waals surface area contributed by atoms with Crippen molar-refractivity contribution in [1.29, 1.82) is 0 Å². The van der Waals surface area contributed by atoms with Crippen LogP contribution in [-0.2, 0) is 0 Å². The van der Waals surface area contributed by atoms with Crippen LogP contribution in [0.5, 0.6) is 11.5 Å². The van der Waals surface area contributed by atoms with Gasteiger partial charge in [-0.25, -0.2) is 0 Å². The molecule has 0 amide bonds. The number of rotatable bonds is 8. The third-order valence-corrected chi connectivity index (χ3v) is 3.05. The van der Waals surface area contributed by atoms with Gasteiger partial charge in [-0.2, -0.15) is 0 Å². The highest BCUT2D eigenvalue weighted by atomic mass is 16.5. The summed E-state index contributed by atoms with van der Waals surface area (Å²) in [6, 6.07) is 5.89. The van der Waals surface area contributed by atoms with E-state index < -0.39 is 0 Å². The molecule has 4 heteroatoms. The molecule has 1 aromatic rings. The van der Waals surface area contributed by atoms with E-state index in [1.807, 2.05) is 25.2 Å². The summed E-state index contributed by atoms with van der Waals surface area (Å²) in [6.07, 6.45) is 1.15. The Hall–Kier alpha value is -1.42. The Morgan fingerprint density at radius 1 is 1.11 bits per heavy atom. The first kappa shape index (κ1) is 14.6. The van der Waals surface area contributed by atoms with Gasteiger partial charge >= 0.3 is 0 Å². The second kappa shape index (κ2) is 7.82.